The number of aromatic amines is 1. The lowest BCUT2D eigenvalue weighted by Crippen LogP contribution is -2.31. The normalized spacial score (nSPS) is 15.0. The van der Waals surface area contributed by atoms with Crippen LogP contribution in [-0.4, -0.2) is 38.6 Å². The third-order valence-corrected chi connectivity index (χ3v) is 6.87. The number of imidazole rings is 1. The van der Waals surface area contributed by atoms with E-state index in [1.165, 1.54) is 6.07 Å². The van der Waals surface area contributed by atoms with Crippen molar-refractivity contribution in [1.29, 1.82) is 0 Å². The number of hydrogen-bond donors (Lipinski definition) is 2. The van der Waals surface area contributed by atoms with E-state index in [2.05, 4.69) is 30.2 Å². The monoisotopic (exact) mass is 511 g/mol. The Morgan fingerprint density at radius 2 is 1.87 bits per heavy atom. The lowest BCUT2D eigenvalue weighted by atomic mass is 10.1. The average Bonchev–Trinajstić information content (AvgIpc) is 3.25. The van der Waals surface area contributed by atoms with Crippen LogP contribution in [0.2, 0.25) is 5.02 Å². The highest BCUT2D eigenvalue weighted by molar-refractivity contribution is 9.10. The van der Waals surface area contributed by atoms with Gasteiger partial charge in [0.1, 0.15) is 11.6 Å². The molecule has 0 bridgehead atoms. The standard InChI is InChI=1S/C20H18BrClFN3OS.C2H6/c21-15-9-12(2-4-17(15)23)18-11-24-20(25-18)13-1-3-16(22)19(10-13)28-26-7-5-14(27)6-8-26;1-2/h1-4,9-11,14,27H,5-8H2,(H,24,25);1-2H3. The molecule has 0 aliphatic carbocycles. The van der Waals surface area contributed by atoms with Gasteiger partial charge in [0.15, 0.2) is 0 Å². The average molecular weight is 513 g/mol. The van der Waals surface area contributed by atoms with E-state index >= 15 is 0 Å². The first kappa shape index (κ1) is 23.3. The van der Waals surface area contributed by atoms with Crippen LogP contribution in [0.5, 0.6) is 0 Å². The molecule has 30 heavy (non-hydrogen) atoms. The van der Waals surface area contributed by atoms with Crippen molar-refractivity contribution in [2.24, 2.45) is 0 Å². The highest BCUT2D eigenvalue weighted by atomic mass is 79.9. The number of hydrogen-bond acceptors (Lipinski definition) is 4. The summed E-state index contributed by atoms with van der Waals surface area (Å²) < 4.78 is 16.1. The second-order valence-electron chi connectivity index (χ2n) is 6.67. The van der Waals surface area contributed by atoms with Crippen molar-refractivity contribution < 1.29 is 9.50 Å². The van der Waals surface area contributed by atoms with E-state index in [9.17, 15) is 9.50 Å². The fourth-order valence-corrected chi connectivity index (χ4v) is 4.68. The predicted octanol–water partition coefficient (Wildman–Crippen LogP) is 6.79. The molecule has 4 rings (SSSR count). The van der Waals surface area contributed by atoms with Crippen LogP contribution in [-0.2, 0) is 0 Å². The lowest BCUT2D eigenvalue weighted by Gasteiger charge is -2.28. The SMILES string of the molecule is CC.OC1CCN(Sc2cc(-c3ncc(-c4ccc(F)c(Br)c4)[nH]3)ccc2Cl)CC1. The summed E-state index contributed by atoms with van der Waals surface area (Å²) in [7, 11) is 0. The molecule has 1 aliphatic rings. The van der Waals surface area contributed by atoms with Gasteiger partial charge in [-0.1, -0.05) is 25.4 Å². The highest BCUT2D eigenvalue weighted by Crippen LogP contribution is 2.35. The Labute approximate surface area is 194 Å². The fraction of sp³-hybridized carbons (Fsp3) is 0.318. The van der Waals surface area contributed by atoms with Crippen LogP contribution in [0.4, 0.5) is 4.39 Å². The first-order chi connectivity index (χ1) is 14.5. The van der Waals surface area contributed by atoms with E-state index in [1.807, 2.05) is 32.0 Å². The van der Waals surface area contributed by atoms with Crippen LogP contribution < -0.4 is 0 Å². The summed E-state index contributed by atoms with van der Waals surface area (Å²) in [5.41, 5.74) is 2.59. The third-order valence-electron chi connectivity index (χ3n) is 4.66. The Morgan fingerprint density at radius 1 is 1.17 bits per heavy atom. The summed E-state index contributed by atoms with van der Waals surface area (Å²) in [6, 6.07) is 10.7. The highest BCUT2D eigenvalue weighted by Gasteiger charge is 2.19. The minimum atomic E-state index is -0.298. The number of aliphatic hydroxyl groups excluding tert-OH is 1. The van der Waals surface area contributed by atoms with Crippen molar-refractivity contribution in [2.45, 2.75) is 37.7 Å². The number of nitrogens with one attached hydrogen (secondary N) is 1. The van der Waals surface area contributed by atoms with E-state index in [0.717, 1.165) is 53.5 Å². The Bertz CT molecular complexity index is 992. The molecule has 0 amide bonds. The van der Waals surface area contributed by atoms with Gasteiger partial charge in [-0.15, -0.1) is 0 Å². The molecule has 2 N–H and O–H groups in total. The summed E-state index contributed by atoms with van der Waals surface area (Å²) in [6.07, 6.45) is 3.09. The topological polar surface area (TPSA) is 52.1 Å². The fourth-order valence-electron chi connectivity index (χ4n) is 3.07. The molecule has 0 spiro atoms. The summed E-state index contributed by atoms with van der Waals surface area (Å²) in [5, 5.41) is 10.4. The molecule has 0 radical (unpaired) electrons. The molecular formula is C22H24BrClFN3OS. The molecule has 1 aliphatic heterocycles. The van der Waals surface area contributed by atoms with Crippen LogP contribution in [0.1, 0.15) is 26.7 Å². The predicted molar refractivity (Wildman–Crippen MR) is 126 cm³/mol. The molecule has 1 aromatic heterocycles. The number of H-pyrrole nitrogens is 1. The van der Waals surface area contributed by atoms with E-state index in [-0.39, 0.29) is 11.9 Å². The van der Waals surface area contributed by atoms with Gasteiger partial charge in [-0.25, -0.2) is 13.7 Å². The number of nitrogens with zero attached hydrogens (tertiary/aromatic N) is 2. The Balaban J connectivity index is 0.00000124. The molecular weight excluding hydrogens is 489 g/mol. The van der Waals surface area contributed by atoms with Gasteiger partial charge in [-0.2, -0.15) is 0 Å². The van der Waals surface area contributed by atoms with Crippen molar-refractivity contribution in [3.63, 3.8) is 0 Å². The van der Waals surface area contributed by atoms with Gasteiger partial charge in [0.25, 0.3) is 0 Å². The molecule has 1 fully saturated rings. The third kappa shape index (κ3) is 5.65. The van der Waals surface area contributed by atoms with E-state index in [0.29, 0.717) is 9.50 Å². The number of halogens is 3. The molecule has 2 aromatic carbocycles. The largest absolute Gasteiger partial charge is 0.393 e. The van der Waals surface area contributed by atoms with Crippen LogP contribution in [0, 0.1) is 5.82 Å². The Kier molecular flexibility index (Phi) is 8.36. The molecule has 0 unspecified atom stereocenters. The minimum absolute atomic E-state index is 0.202. The zero-order valence-corrected chi connectivity index (χ0v) is 20.0. The smallest absolute Gasteiger partial charge is 0.137 e. The van der Waals surface area contributed by atoms with Gasteiger partial charge in [-0.3, -0.25) is 0 Å². The molecule has 0 atom stereocenters. The quantitative estimate of drug-likeness (QED) is 0.378. The van der Waals surface area contributed by atoms with Crippen molar-refractivity contribution in [1.82, 2.24) is 14.3 Å². The van der Waals surface area contributed by atoms with Gasteiger partial charge in [0, 0.05) is 29.1 Å². The summed E-state index contributed by atoms with van der Waals surface area (Å²) >= 11 is 11.2. The first-order valence-electron chi connectivity index (χ1n) is 9.91. The van der Waals surface area contributed by atoms with Crippen molar-refractivity contribution >= 4 is 39.5 Å². The number of aliphatic hydroxyl groups is 1. The molecule has 8 heteroatoms. The summed E-state index contributed by atoms with van der Waals surface area (Å²) in [5.74, 6) is 0.427. The van der Waals surface area contributed by atoms with E-state index in [1.54, 1.807) is 30.3 Å². The minimum Gasteiger partial charge on any atom is -0.393 e. The number of piperidine rings is 1. The van der Waals surface area contributed by atoms with Crippen molar-refractivity contribution in [3.8, 4) is 22.6 Å². The molecule has 4 nitrogen and oxygen atoms in total. The van der Waals surface area contributed by atoms with E-state index in [4.69, 9.17) is 11.6 Å². The van der Waals surface area contributed by atoms with Crippen molar-refractivity contribution in [2.75, 3.05) is 13.1 Å². The van der Waals surface area contributed by atoms with Gasteiger partial charge in [-0.05, 0) is 77.1 Å². The molecule has 160 valence electrons. The lowest BCUT2D eigenvalue weighted by molar-refractivity contribution is 0.116. The Morgan fingerprint density at radius 3 is 2.57 bits per heavy atom. The number of aromatic nitrogens is 2. The molecule has 0 saturated carbocycles. The van der Waals surface area contributed by atoms with E-state index < -0.39 is 0 Å². The molecule has 3 aromatic rings. The maximum absolute atomic E-state index is 13.5. The van der Waals surface area contributed by atoms with Crippen LogP contribution in [0.3, 0.4) is 0 Å². The maximum Gasteiger partial charge on any atom is 0.137 e. The van der Waals surface area contributed by atoms with Gasteiger partial charge < -0.3 is 10.1 Å². The van der Waals surface area contributed by atoms with Crippen LogP contribution >= 0.6 is 39.5 Å². The number of rotatable bonds is 4. The zero-order chi connectivity index (χ0) is 21.7. The van der Waals surface area contributed by atoms with Gasteiger partial charge in [0.2, 0.25) is 0 Å². The first-order valence-corrected chi connectivity index (χ1v) is 11.9. The zero-order valence-electron chi connectivity index (χ0n) is 16.8. The Hall–Kier alpha value is -1.38. The molecule has 1 saturated heterocycles. The summed E-state index contributed by atoms with van der Waals surface area (Å²) in [4.78, 5) is 8.73. The second kappa shape index (κ2) is 10.8. The number of benzene rings is 2. The van der Waals surface area contributed by atoms with Crippen LogP contribution in [0.15, 0.2) is 52.0 Å². The van der Waals surface area contributed by atoms with Crippen LogP contribution in [0.25, 0.3) is 22.6 Å². The second-order valence-corrected chi connectivity index (χ2v) is 9.07. The maximum atomic E-state index is 13.5. The molecule has 2 heterocycles. The summed E-state index contributed by atoms with van der Waals surface area (Å²) in [6.45, 7) is 5.66. The van der Waals surface area contributed by atoms with Crippen molar-refractivity contribution in [3.05, 3.63) is 57.9 Å². The van der Waals surface area contributed by atoms with Gasteiger partial charge in [0.05, 0.1) is 27.5 Å². The van der Waals surface area contributed by atoms with Gasteiger partial charge >= 0.3 is 0 Å².